The zero-order chi connectivity index (χ0) is 13.6. The molecule has 0 unspecified atom stereocenters. The number of benzene rings is 1. The van der Waals surface area contributed by atoms with Crippen LogP contribution in [-0.4, -0.2) is 4.98 Å². The second kappa shape index (κ2) is 4.34. The van der Waals surface area contributed by atoms with Crippen molar-refractivity contribution < 1.29 is 0 Å². The fourth-order valence-electron chi connectivity index (χ4n) is 2.31. The zero-order valence-corrected chi connectivity index (χ0v) is 12.6. The number of thiazole rings is 1. The number of rotatable bonds is 2. The molecule has 0 atom stereocenters. The maximum Gasteiger partial charge on any atom is 0.114 e. The quantitative estimate of drug-likeness (QED) is 0.870. The molecule has 2 nitrogen and oxygen atoms in total. The van der Waals surface area contributed by atoms with E-state index < -0.39 is 0 Å². The summed E-state index contributed by atoms with van der Waals surface area (Å²) < 4.78 is 0. The third-order valence-electron chi connectivity index (χ3n) is 3.53. The Morgan fingerprint density at radius 2 is 1.89 bits per heavy atom. The van der Waals surface area contributed by atoms with Crippen LogP contribution in [0, 0.1) is 0 Å². The molecule has 1 heterocycles. The van der Waals surface area contributed by atoms with Crippen molar-refractivity contribution in [3.63, 3.8) is 0 Å². The minimum atomic E-state index is 0.0611. The minimum Gasteiger partial charge on any atom is -0.389 e. The molecule has 2 N–H and O–H groups in total. The van der Waals surface area contributed by atoms with Crippen molar-refractivity contribution in [3.8, 4) is 11.3 Å². The Labute approximate surface area is 118 Å². The molecule has 2 aromatic rings. The molecule has 0 spiro atoms. The summed E-state index contributed by atoms with van der Waals surface area (Å²) in [4.78, 5) is 4.82. The van der Waals surface area contributed by atoms with E-state index in [4.69, 9.17) is 10.7 Å². The van der Waals surface area contributed by atoms with Gasteiger partial charge in [-0.2, -0.15) is 0 Å². The number of hydrogen-bond acceptors (Lipinski definition) is 3. The van der Waals surface area contributed by atoms with Crippen molar-refractivity contribution in [3.05, 3.63) is 34.8 Å². The number of nitrogens with zero attached hydrogens (tertiary/aromatic N) is 1. The van der Waals surface area contributed by atoms with Crippen LogP contribution in [-0.2, 0) is 5.41 Å². The van der Waals surface area contributed by atoms with Crippen LogP contribution in [0.3, 0.4) is 0 Å². The second-order valence-corrected chi connectivity index (χ2v) is 7.37. The Bertz CT molecular complexity index is 603. The maximum atomic E-state index is 6.22. The highest BCUT2D eigenvalue weighted by molar-refractivity contribution is 7.16. The van der Waals surface area contributed by atoms with E-state index in [1.54, 1.807) is 11.3 Å². The lowest BCUT2D eigenvalue weighted by atomic mass is 9.97. The molecule has 1 saturated carbocycles. The molecule has 3 heteroatoms. The van der Waals surface area contributed by atoms with Gasteiger partial charge < -0.3 is 5.73 Å². The van der Waals surface area contributed by atoms with Gasteiger partial charge in [-0.05, 0) is 24.3 Å². The first-order chi connectivity index (χ1) is 8.97. The van der Waals surface area contributed by atoms with Gasteiger partial charge >= 0.3 is 0 Å². The van der Waals surface area contributed by atoms with E-state index in [9.17, 15) is 0 Å². The Kier molecular flexibility index (Phi) is 2.90. The smallest absolute Gasteiger partial charge is 0.114 e. The van der Waals surface area contributed by atoms with E-state index in [1.807, 2.05) is 0 Å². The maximum absolute atomic E-state index is 6.22. The van der Waals surface area contributed by atoms with Crippen LogP contribution in [0.25, 0.3) is 11.3 Å². The predicted molar refractivity (Wildman–Crippen MR) is 82.6 cm³/mol. The van der Waals surface area contributed by atoms with Gasteiger partial charge in [-0.3, -0.25) is 0 Å². The van der Waals surface area contributed by atoms with Crippen molar-refractivity contribution in [2.45, 2.75) is 44.9 Å². The molecule has 1 fully saturated rings. The molecule has 19 heavy (non-hydrogen) atoms. The Balaban J connectivity index is 2.10. The molecule has 1 aliphatic carbocycles. The van der Waals surface area contributed by atoms with Gasteiger partial charge in [-0.25, -0.2) is 4.98 Å². The van der Waals surface area contributed by atoms with Crippen molar-refractivity contribution in [2.24, 2.45) is 0 Å². The molecule has 3 rings (SSSR count). The molecular weight excluding hydrogens is 252 g/mol. The van der Waals surface area contributed by atoms with Crippen LogP contribution in [0.15, 0.2) is 24.3 Å². The topological polar surface area (TPSA) is 38.9 Å². The van der Waals surface area contributed by atoms with Crippen LogP contribution in [0.2, 0.25) is 0 Å². The first kappa shape index (κ1) is 12.7. The zero-order valence-electron chi connectivity index (χ0n) is 11.7. The average molecular weight is 272 g/mol. The lowest BCUT2D eigenvalue weighted by Crippen LogP contribution is -2.10. The molecule has 1 aromatic heterocycles. The highest BCUT2D eigenvalue weighted by Crippen LogP contribution is 2.46. The predicted octanol–water partition coefficient (Wildman–Crippen LogP) is 4.57. The SMILES string of the molecule is CC(C)(C)c1nc(-c2ccccc2C2CC2)c(N)s1. The highest BCUT2D eigenvalue weighted by Gasteiger charge is 2.28. The van der Waals surface area contributed by atoms with Crippen LogP contribution in [0.4, 0.5) is 5.00 Å². The van der Waals surface area contributed by atoms with Crippen molar-refractivity contribution in [1.82, 2.24) is 4.98 Å². The molecule has 0 aliphatic heterocycles. The summed E-state index contributed by atoms with van der Waals surface area (Å²) in [6.07, 6.45) is 2.60. The number of anilines is 1. The fourth-order valence-corrected chi connectivity index (χ4v) is 3.21. The van der Waals surface area contributed by atoms with E-state index >= 15 is 0 Å². The molecule has 0 saturated heterocycles. The van der Waals surface area contributed by atoms with Gasteiger partial charge in [0.1, 0.15) is 15.7 Å². The first-order valence-corrected chi connectivity index (χ1v) is 7.64. The summed E-state index contributed by atoms with van der Waals surface area (Å²) in [7, 11) is 0. The summed E-state index contributed by atoms with van der Waals surface area (Å²) in [5, 5.41) is 1.96. The highest BCUT2D eigenvalue weighted by atomic mass is 32.1. The number of hydrogen-bond donors (Lipinski definition) is 1. The summed E-state index contributed by atoms with van der Waals surface area (Å²) in [5.41, 5.74) is 9.91. The van der Waals surface area contributed by atoms with E-state index in [-0.39, 0.29) is 5.41 Å². The average Bonchev–Trinajstić information content (AvgIpc) is 3.11. The van der Waals surface area contributed by atoms with E-state index in [1.165, 1.54) is 24.0 Å². The first-order valence-electron chi connectivity index (χ1n) is 6.83. The molecular formula is C16H20N2S. The molecule has 0 amide bonds. The molecule has 1 aliphatic rings. The van der Waals surface area contributed by atoms with Gasteiger partial charge in [0.15, 0.2) is 0 Å². The summed E-state index contributed by atoms with van der Waals surface area (Å²) >= 11 is 1.62. The normalized spacial score (nSPS) is 15.7. The Hall–Kier alpha value is -1.35. The van der Waals surface area contributed by atoms with Crippen LogP contribution in [0.5, 0.6) is 0 Å². The Morgan fingerprint density at radius 1 is 1.21 bits per heavy atom. The lowest BCUT2D eigenvalue weighted by Gasteiger charge is -2.13. The monoisotopic (exact) mass is 272 g/mol. The van der Waals surface area contributed by atoms with Crippen molar-refractivity contribution in [1.29, 1.82) is 0 Å². The standard InChI is InChI=1S/C16H20N2S/c1-16(2,3)15-18-13(14(17)19-15)12-7-5-4-6-11(12)10-8-9-10/h4-7,10H,8-9,17H2,1-3H3. The van der Waals surface area contributed by atoms with Gasteiger partial charge in [0.2, 0.25) is 0 Å². The molecule has 100 valence electrons. The van der Waals surface area contributed by atoms with Gasteiger partial charge in [0.05, 0.1) is 0 Å². The number of nitrogen functional groups attached to an aromatic ring is 1. The second-order valence-electron chi connectivity index (χ2n) is 6.34. The lowest BCUT2D eigenvalue weighted by molar-refractivity contribution is 0.586. The summed E-state index contributed by atoms with van der Waals surface area (Å²) in [6, 6.07) is 8.58. The van der Waals surface area contributed by atoms with Gasteiger partial charge in [-0.1, -0.05) is 45.0 Å². The van der Waals surface area contributed by atoms with Crippen LogP contribution < -0.4 is 5.73 Å². The third-order valence-corrected chi connectivity index (χ3v) is 4.84. The fraction of sp³-hybridized carbons (Fsp3) is 0.438. The van der Waals surface area contributed by atoms with Crippen LogP contribution in [0.1, 0.15) is 50.1 Å². The van der Waals surface area contributed by atoms with E-state index in [0.717, 1.165) is 21.6 Å². The van der Waals surface area contributed by atoms with E-state index in [2.05, 4.69) is 45.0 Å². The summed E-state index contributed by atoms with van der Waals surface area (Å²) in [6.45, 7) is 6.55. The van der Waals surface area contributed by atoms with E-state index in [0.29, 0.717) is 0 Å². The summed E-state index contributed by atoms with van der Waals surface area (Å²) in [5.74, 6) is 0.718. The van der Waals surface area contributed by atoms with Gasteiger partial charge in [-0.15, -0.1) is 11.3 Å². The number of nitrogens with two attached hydrogens (primary N) is 1. The van der Waals surface area contributed by atoms with Crippen molar-refractivity contribution in [2.75, 3.05) is 5.73 Å². The molecule has 0 bridgehead atoms. The minimum absolute atomic E-state index is 0.0611. The van der Waals surface area contributed by atoms with Crippen LogP contribution >= 0.6 is 11.3 Å². The number of aromatic nitrogens is 1. The van der Waals surface area contributed by atoms with Gasteiger partial charge in [0.25, 0.3) is 0 Å². The third kappa shape index (κ3) is 2.39. The van der Waals surface area contributed by atoms with Gasteiger partial charge in [0, 0.05) is 11.0 Å². The Morgan fingerprint density at radius 3 is 2.47 bits per heavy atom. The van der Waals surface area contributed by atoms with Crippen molar-refractivity contribution >= 4 is 16.3 Å². The largest absolute Gasteiger partial charge is 0.389 e. The molecule has 1 aromatic carbocycles. The molecule has 0 radical (unpaired) electrons.